The Morgan fingerprint density at radius 1 is 1.00 bits per heavy atom. The van der Waals surface area contributed by atoms with Crippen molar-refractivity contribution < 1.29 is 4.79 Å². The van der Waals surface area contributed by atoms with E-state index in [1.807, 2.05) is 43.3 Å². The Morgan fingerprint density at radius 2 is 1.76 bits per heavy atom. The third-order valence-corrected chi connectivity index (χ3v) is 4.90. The lowest BCUT2D eigenvalue weighted by atomic mass is 10.0. The Balaban J connectivity index is 2.08. The molecule has 1 aromatic heterocycles. The Morgan fingerprint density at radius 3 is 2.52 bits per heavy atom. The van der Waals surface area contributed by atoms with Gasteiger partial charge in [0.1, 0.15) is 0 Å². The topological polar surface area (TPSA) is 42.3 Å². The zero-order valence-corrected chi connectivity index (χ0v) is 14.8. The molecular weight excluding hydrogens is 336 g/mol. The first kappa shape index (κ1) is 16.1. The second kappa shape index (κ2) is 5.83. The zero-order valence-electron chi connectivity index (χ0n) is 14.0. The van der Waals surface area contributed by atoms with E-state index in [1.165, 1.54) is 0 Å². The van der Waals surface area contributed by atoms with E-state index in [4.69, 9.17) is 11.6 Å². The summed E-state index contributed by atoms with van der Waals surface area (Å²) < 4.78 is 1.77. The highest BCUT2D eigenvalue weighted by molar-refractivity contribution is 6.33. The fourth-order valence-electron chi connectivity index (χ4n) is 3.47. The summed E-state index contributed by atoms with van der Waals surface area (Å²) >= 11 is 6.06. The van der Waals surface area contributed by atoms with Crippen LogP contribution in [0, 0.1) is 0 Å². The van der Waals surface area contributed by atoms with Gasteiger partial charge in [-0.15, -0.1) is 0 Å². The standard InChI is InChI=1S/C20H17ClN2O2/c1-22(2)9-10-23-16-6-4-3-5-14(16)17-18(20(23)25)13-8-7-12(21)11-15(13)19(17)24/h3-8,11H,9-10H2,1-2H3. The summed E-state index contributed by atoms with van der Waals surface area (Å²) in [4.78, 5) is 28.2. The van der Waals surface area contributed by atoms with Gasteiger partial charge in [0.25, 0.3) is 5.56 Å². The Hall–Kier alpha value is -2.43. The van der Waals surface area contributed by atoms with E-state index in [0.29, 0.717) is 33.8 Å². The van der Waals surface area contributed by atoms with Crippen LogP contribution in [0.2, 0.25) is 5.02 Å². The molecule has 0 fully saturated rings. The Bertz CT molecular complexity index is 1080. The largest absolute Gasteiger partial charge is 0.308 e. The molecule has 3 aromatic rings. The first-order chi connectivity index (χ1) is 12.0. The van der Waals surface area contributed by atoms with Gasteiger partial charge < -0.3 is 9.47 Å². The maximum Gasteiger partial charge on any atom is 0.259 e. The molecule has 0 atom stereocenters. The molecule has 2 aromatic carbocycles. The van der Waals surface area contributed by atoms with E-state index in [1.54, 1.807) is 22.8 Å². The molecular formula is C20H17ClN2O2. The maximum absolute atomic E-state index is 13.2. The number of carbonyl (C=O) groups excluding carboxylic acids is 1. The lowest BCUT2D eigenvalue weighted by Gasteiger charge is -2.16. The number of ketones is 1. The molecule has 1 aliphatic rings. The molecule has 1 aliphatic carbocycles. The van der Waals surface area contributed by atoms with E-state index < -0.39 is 0 Å². The van der Waals surface area contributed by atoms with Crippen molar-refractivity contribution in [3.63, 3.8) is 0 Å². The average molecular weight is 353 g/mol. The van der Waals surface area contributed by atoms with Crippen molar-refractivity contribution in [1.29, 1.82) is 0 Å². The monoisotopic (exact) mass is 352 g/mol. The highest BCUT2D eigenvalue weighted by Gasteiger charge is 2.32. The summed E-state index contributed by atoms with van der Waals surface area (Å²) in [5, 5.41) is 1.31. The summed E-state index contributed by atoms with van der Waals surface area (Å²) in [6.07, 6.45) is 0. The Labute approximate surface area is 150 Å². The number of halogens is 1. The van der Waals surface area contributed by atoms with Gasteiger partial charge in [0.2, 0.25) is 0 Å². The van der Waals surface area contributed by atoms with Crippen LogP contribution in [0.15, 0.2) is 47.3 Å². The van der Waals surface area contributed by atoms with Gasteiger partial charge >= 0.3 is 0 Å². The van der Waals surface area contributed by atoms with Gasteiger partial charge in [0.15, 0.2) is 5.78 Å². The smallest absolute Gasteiger partial charge is 0.259 e. The first-order valence-electron chi connectivity index (χ1n) is 8.14. The van der Waals surface area contributed by atoms with E-state index in [2.05, 4.69) is 0 Å². The molecule has 0 spiro atoms. The number of para-hydroxylation sites is 1. The molecule has 25 heavy (non-hydrogen) atoms. The molecule has 5 heteroatoms. The first-order valence-corrected chi connectivity index (χ1v) is 8.51. The van der Waals surface area contributed by atoms with Crippen molar-refractivity contribution in [1.82, 2.24) is 9.47 Å². The van der Waals surface area contributed by atoms with Crippen LogP contribution < -0.4 is 5.56 Å². The van der Waals surface area contributed by atoms with Crippen LogP contribution >= 0.6 is 11.6 Å². The second-order valence-corrected chi connectivity index (χ2v) is 6.98. The minimum Gasteiger partial charge on any atom is -0.308 e. The zero-order chi connectivity index (χ0) is 17.7. The van der Waals surface area contributed by atoms with Crippen molar-refractivity contribution in [2.75, 3.05) is 20.6 Å². The number of carbonyl (C=O) groups is 1. The van der Waals surface area contributed by atoms with E-state index >= 15 is 0 Å². The SMILES string of the molecule is CN(C)CCn1c(=O)c2c(c3ccccc31)C(=O)c1cc(Cl)ccc1-2. The van der Waals surface area contributed by atoms with Crippen molar-refractivity contribution in [3.8, 4) is 11.1 Å². The Kier molecular flexibility index (Phi) is 3.74. The number of rotatable bonds is 3. The van der Waals surface area contributed by atoms with Gasteiger partial charge in [-0.2, -0.15) is 0 Å². The van der Waals surface area contributed by atoms with Crippen LogP contribution in [-0.2, 0) is 6.54 Å². The number of nitrogens with zero attached hydrogens (tertiary/aromatic N) is 2. The number of hydrogen-bond donors (Lipinski definition) is 0. The van der Waals surface area contributed by atoms with Gasteiger partial charge in [0.05, 0.1) is 11.1 Å². The number of pyridine rings is 1. The van der Waals surface area contributed by atoms with Crippen LogP contribution in [0.1, 0.15) is 15.9 Å². The molecule has 0 aliphatic heterocycles. The molecule has 0 saturated carbocycles. The van der Waals surface area contributed by atoms with Crippen molar-refractivity contribution in [2.24, 2.45) is 0 Å². The van der Waals surface area contributed by atoms with Crippen molar-refractivity contribution in [3.05, 3.63) is 69.0 Å². The average Bonchev–Trinajstić information content (AvgIpc) is 2.87. The summed E-state index contributed by atoms with van der Waals surface area (Å²) in [6, 6.07) is 12.7. The van der Waals surface area contributed by atoms with Crippen LogP contribution in [0.3, 0.4) is 0 Å². The quantitative estimate of drug-likeness (QED) is 0.567. The number of likely N-dealkylation sites (N-methyl/N-ethyl adjacent to an activating group) is 1. The number of fused-ring (bicyclic) bond motifs is 5. The number of aromatic nitrogens is 1. The summed E-state index contributed by atoms with van der Waals surface area (Å²) in [5.41, 5.74) is 2.85. The van der Waals surface area contributed by atoms with Gasteiger partial charge in [-0.3, -0.25) is 9.59 Å². The van der Waals surface area contributed by atoms with E-state index in [9.17, 15) is 9.59 Å². The van der Waals surface area contributed by atoms with E-state index in [0.717, 1.165) is 17.4 Å². The molecule has 126 valence electrons. The normalized spacial score (nSPS) is 12.7. The minimum absolute atomic E-state index is 0.120. The highest BCUT2D eigenvalue weighted by Crippen LogP contribution is 2.39. The van der Waals surface area contributed by atoms with Gasteiger partial charge in [-0.05, 0) is 37.9 Å². The number of benzene rings is 2. The van der Waals surface area contributed by atoms with Crippen LogP contribution in [-0.4, -0.2) is 35.9 Å². The summed E-state index contributed by atoms with van der Waals surface area (Å²) in [5.74, 6) is -0.124. The van der Waals surface area contributed by atoms with Crippen molar-refractivity contribution >= 4 is 28.3 Å². The van der Waals surface area contributed by atoms with Gasteiger partial charge in [-0.25, -0.2) is 0 Å². The number of hydrogen-bond acceptors (Lipinski definition) is 3. The molecule has 0 saturated heterocycles. The predicted octanol–water partition coefficient (Wildman–Crippen LogP) is 3.43. The molecule has 0 amide bonds. The lowest BCUT2D eigenvalue weighted by Crippen LogP contribution is -2.28. The molecule has 1 heterocycles. The van der Waals surface area contributed by atoms with E-state index in [-0.39, 0.29) is 11.3 Å². The van der Waals surface area contributed by atoms with Gasteiger partial charge in [0, 0.05) is 34.6 Å². The third-order valence-electron chi connectivity index (χ3n) is 4.67. The van der Waals surface area contributed by atoms with Crippen LogP contribution in [0.5, 0.6) is 0 Å². The van der Waals surface area contributed by atoms with Crippen LogP contribution in [0.25, 0.3) is 22.0 Å². The molecule has 4 nitrogen and oxygen atoms in total. The summed E-state index contributed by atoms with van der Waals surface area (Å²) in [6.45, 7) is 1.31. The predicted molar refractivity (Wildman–Crippen MR) is 101 cm³/mol. The summed E-state index contributed by atoms with van der Waals surface area (Å²) in [7, 11) is 3.95. The second-order valence-electron chi connectivity index (χ2n) is 6.55. The van der Waals surface area contributed by atoms with Crippen LogP contribution in [0.4, 0.5) is 0 Å². The van der Waals surface area contributed by atoms with Crippen molar-refractivity contribution in [2.45, 2.75) is 6.54 Å². The highest BCUT2D eigenvalue weighted by atomic mass is 35.5. The fourth-order valence-corrected chi connectivity index (χ4v) is 3.64. The molecule has 4 rings (SSSR count). The van der Waals surface area contributed by atoms with Gasteiger partial charge in [-0.1, -0.05) is 35.9 Å². The molecule has 0 unspecified atom stereocenters. The third kappa shape index (κ3) is 2.41. The molecule has 0 bridgehead atoms. The fraction of sp³-hybridized carbons (Fsp3) is 0.200. The minimum atomic E-state index is -0.124. The molecule has 0 N–H and O–H groups in total. The molecule has 0 radical (unpaired) electrons. The lowest BCUT2D eigenvalue weighted by molar-refractivity contribution is 0.104. The maximum atomic E-state index is 13.2.